The van der Waals surface area contributed by atoms with Gasteiger partial charge in [0.1, 0.15) is 5.75 Å². The minimum absolute atomic E-state index is 0.114. The molecule has 0 spiro atoms. The first-order valence-corrected chi connectivity index (χ1v) is 5.54. The third-order valence-corrected chi connectivity index (χ3v) is 2.92. The van der Waals surface area contributed by atoms with E-state index >= 15 is 0 Å². The van der Waals surface area contributed by atoms with Crippen LogP contribution in [-0.4, -0.2) is 19.4 Å². The smallest absolute Gasteiger partial charge is 0.168 e. The average molecular weight is 262 g/mol. The Morgan fingerprint density at radius 2 is 2.06 bits per heavy atom. The first kappa shape index (κ1) is 13.3. The van der Waals surface area contributed by atoms with Crippen molar-refractivity contribution < 1.29 is 9.53 Å². The van der Waals surface area contributed by atoms with E-state index in [0.29, 0.717) is 21.4 Å². The topological polar surface area (TPSA) is 52.3 Å². The number of rotatable bonds is 4. The molecule has 1 aromatic carbocycles. The van der Waals surface area contributed by atoms with E-state index in [1.807, 2.05) is 0 Å². The fraction of sp³-hybridized carbons (Fsp3) is 0.364. The monoisotopic (exact) mass is 261 g/mol. The van der Waals surface area contributed by atoms with Gasteiger partial charge in [-0.1, -0.05) is 30.1 Å². The molecule has 3 nitrogen and oxygen atoms in total. The maximum absolute atomic E-state index is 11.9. The highest BCUT2D eigenvalue weighted by Crippen LogP contribution is 2.31. The van der Waals surface area contributed by atoms with Crippen molar-refractivity contribution in [3.05, 3.63) is 27.7 Å². The summed E-state index contributed by atoms with van der Waals surface area (Å²) in [5.74, 6) is 0.0580. The van der Waals surface area contributed by atoms with Gasteiger partial charge in [0.2, 0.25) is 0 Å². The number of Topliss-reactive ketones (excluding diaryl/α,β-unsaturated/α-hetero) is 1. The Morgan fingerprint density at radius 1 is 1.44 bits per heavy atom. The molecule has 0 amide bonds. The number of halogens is 2. The first-order chi connectivity index (χ1) is 7.51. The first-order valence-electron chi connectivity index (χ1n) is 4.78. The Hall–Kier alpha value is -0.770. The molecule has 16 heavy (non-hydrogen) atoms. The molecule has 0 aliphatic carbocycles. The van der Waals surface area contributed by atoms with Gasteiger partial charge in [-0.2, -0.15) is 0 Å². The van der Waals surface area contributed by atoms with Crippen molar-refractivity contribution in [2.75, 3.05) is 13.7 Å². The number of ether oxygens (including phenoxy) is 1. The summed E-state index contributed by atoms with van der Waals surface area (Å²) >= 11 is 11.9. The van der Waals surface area contributed by atoms with Crippen LogP contribution in [0, 0.1) is 5.92 Å². The van der Waals surface area contributed by atoms with Gasteiger partial charge < -0.3 is 10.5 Å². The molecular formula is C11H13Cl2NO2. The fourth-order valence-electron chi connectivity index (χ4n) is 1.25. The number of carbonyl (C=O) groups is 1. The van der Waals surface area contributed by atoms with Crippen molar-refractivity contribution >= 4 is 29.0 Å². The zero-order chi connectivity index (χ0) is 12.3. The lowest BCUT2D eigenvalue weighted by atomic mass is 9.99. The van der Waals surface area contributed by atoms with Gasteiger partial charge in [-0.3, -0.25) is 4.79 Å². The summed E-state index contributed by atoms with van der Waals surface area (Å²) in [5, 5.41) is 0.686. The summed E-state index contributed by atoms with van der Waals surface area (Å²) < 4.78 is 4.99. The summed E-state index contributed by atoms with van der Waals surface area (Å²) in [6.07, 6.45) is 0. The highest BCUT2D eigenvalue weighted by atomic mass is 35.5. The SMILES string of the molecule is COc1cc(Cl)c(C(=O)C(C)CN)cc1Cl. The number of nitrogens with two attached hydrogens (primary N) is 1. The summed E-state index contributed by atoms with van der Waals surface area (Å²) in [4.78, 5) is 11.9. The van der Waals surface area contributed by atoms with Crippen LogP contribution in [0.5, 0.6) is 5.75 Å². The second kappa shape index (κ2) is 5.53. The highest BCUT2D eigenvalue weighted by molar-refractivity contribution is 6.36. The zero-order valence-corrected chi connectivity index (χ0v) is 10.6. The molecule has 1 aromatic rings. The van der Waals surface area contributed by atoms with Crippen molar-refractivity contribution in [1.29, 1.82) is 0 Å². The van der Waals surface area contributed by atoms with Crippen LogP contribution in [0.25, 0.3) is 0 Å². The second-order valence-corrected chi connectivity index (χ2v) is 4.28. The van der Waals surface area contributed by atoms with Gasteiger partial charge in [-0.15, -0.1) is 0 Å². The van der Waals surface area contributed by atoms with E-state index in [0.717, 1.165) is 0 Å². The van der Waals surface area contributed by atoms with Crippen LogP contribution in [0.1, 0.15) is 17.3 Å². The lowest BCUT2D eigenvalue weighted by Gasteiger charge is -2.11. The van der Waals surface area contributed by atoms with Crippen molar-refractivity contribution in [2.24, 2.45) is 11.7 Å². The molecule has 1 unspecified atom stereocenters. The molecule has 88 valence electrons. The number of hydrogen-bond acceptors (Lipinski definition) is 3. The number of benzene rings is 1. The molecule has 0 saturated carbocycles. The van der Waals surface area contributed by atoms with Crippen molar-refractivity contribution in [2.45, 2.75) is 6.92 Å². The lowest BCUT2D eigenvalue weighted by Crippen LogP contribution is -2.21. The molecule has 0 aromatic heterocycles. The molecule has 0 heterocycles. The van der Waals surface area contributed by atoms with E-state index in [-0.39, 0.29) is 18.2 Å². The maximum Gasteiger partial charge on any atom is 0.168 e. The Morgan fingerprint density at radius 3 is 2.56 bits per heavy atom. The molecule has 0 fully saturated rings. The van der Waals surface area contributed by atoms with E-state index in [4.69, 9.17) is 33.7 Å². The molecule has 0 saturated heterocycles. The molecule has 0 bridgehead atoms. The van der Waals surface area contributed by atoms with Crippen LogP contribution in [0.2, 0.25) is 10.0 Å². The van der Waals surface area contributed by atoms with E-state index in [2.05, 4.69) is 0 Å². The normalized spacial score (nSPS) is 12.3. The highest BCUT2D eigenvalue weighted by Gasteiger charge is 2.18. The minimum atomic E-state index is -0.276. The van der Waals surface area contributed by atoms with Gasteiger partial charge in [0, 0.05) is 24.1 Å². The zero-order valence-electron chi connectivity index (χ0n) is 9.09. The number of carbonyl (C=O) groups excluding carboxylic acids is 1. The predicted molar refractivity (Wildman–Crippen MR) is 65.6 cm³/mol. The van der Waals surface area contributed by atoms with Gasteiger partial charge in [0.05, 0.1) is 17.2 Å². The maximum atomic E-state index is 11.9. The van der Waals surface area contributed by atoms with Crippen LogP contribution in [0.4, 0.5) is 0 Å². The Balaban J connectivity index is 3.16. The average Bonchev–Trinajstić information content (AvgIpc) is 2.29. The van der Waals surface area contributed by atoms with Crippen LogP contribution in [-0.2, 0) is 0 Å². The van der Waals surface area contributed by atoms with Crippen molar-refractivity contribution in [1.82, 2.24) is 0 Å². The van der Waals surface area contributed by atoms with Crippen LogP contribution >= 0.6 is 23.2 Å². The van der Waals surface area contributed by atoms with Crippen molar-refractivity contribution in [3.8, 4) is 5.75 Å². The van der Waals surface area contributed by atoms with Gasteiger partial charge in [-0.05, 0) is 6.07 Å². The van der Waals surface area contributed by atoms with Gasteiger partial charge in [-0.25, -0.2) is 0 Å². The fourth-order valence-corrected chi connectivity index (χ4v) is 1.73. The summed E-state index contributed by atoms with van der Waals surface area (Å²) in [6.45, 7) is 2.02. The summed E-state index contributed by atoms with van der Waals surface area (Å²) in [7, 11) is 1.49. The molecule has 2 N–H and O–H groups in total. The van der Waals surface area contributed by atoms with Gasteiger partial charge in [0.25, 0.3) is 0 Å². The van der Waals surface area contributed by atoms with Gasteiger partial charge in [0.15, 0.2) is 5.78 Å². The van der Waals surface area contributed by atoms with E-state index < -0.39 is 0 Å². The van der Waals surface area contributed by atoms with Crippen LogP contribution in [0.3, 0.4) is 0 Å². The standard InChI is InChI=1S/C11H13Cl2NO2/c1-6(5-14)11(15)7-3-9(13)10(16-2)4-8(7)12/h3-4,6H,5,14H2,1-2H3. The number of methoxy groups -OCH3 is 1. The molecule has 0 aliphatic rings. The quantitative estimate of drug-likeness (QED) is 0.849. The van der Waals surface area contributed by atoms with Crippen molar-refractivity contribution in [3.63, 3.8) is 0 Å². The third kappa shape index (κ3) is 2.67. The van der Waals surface area contributed by atoms with Crippen LogP contribution < -0.4 is 10.5 Å². The molecule has 0 aliphatic heterocycles. The Kier molecular flexibility index (Phi) is 4.59. The number of ketones is 1. The molecule has 5 heteroatoms. The van der Waals surface area contributed by atoms with E-state index in [1.54, 1.807) is 6.92 Å². The Labute approximate surface area is 104 Å². The largest absolute Gasteiger partial charge is 0.495 e. The molecule has 0 radical (unpaired) electrons. The predicted octanol–water partition coefficient (Wildman–Crippen LogP) is 2.78. The molecular weight excluding hydrogens is 249 g/mol. The lowest BCUT2D eigenvalue weighted by molar-refractivity contribution is 0.0934. The summed E-state index contributed by atoms with van der Waals surface area (Å²) in [6, 6.07) is 3.04. The van der Waals surface area contributed by atoms with E-state index in [9.17, 15) is 4.79 Å². The molecule has 1 atom stereocenters. The van der Waals surface area contributed by atoms with Gasteiger partial charge >= 0.3 is 0 Å². The number of hydrogen-bond donors (Lipinski definition) is 1. The molecule has 1 rings (SSSR count). The third-order valence-electron chi connectivity index (χ3n) is 2.31. The van der Waals surface area contributed by atoms with Crippen LogP contribution in [0.15, 0.2) is 12.1 Å². The Bertz CT molecular complexity index is 407. The minimum Gasteiger partial charge on any atom is -0.495 e. The second-order valence-electron chi connectivity index (χ2n) is 3.47. The van der Waals surface area contributed by atoms with E-state index in [1.165, 1.54) is 19.2 Å². The summed E-state index contributed by atoms with van der Waals surface area (Å²) in [5.41, 5.74) is 5.81.